The van der Waals surface area contributed by atoms with Crippen LogP contribution in [0.5, 0.6) is 5.75 Å². The summed E-state index contributed by atoms with van der Waals surface area (Å²) in [5.41, 5.74) is 1.03. The van der Waals surface area contributed by atoms with Crippen molar-refractivity contribution in [1.82, 2.24) is 19.9 Å². The Morgan fingerprint density at radius 3 is 2.84 bits per heavy atom. The second-order valence-electron chi connectivity index (χ2n) is 7.39. The van der Waals surface area contributed by atoms with Gasteiger partial charge in [0, 0.05) is 16.5 Å². The molecule has 1 aliphatic heterocycles. The Bertz CT molecular complexity index is 1190. The molecule has 4 rings (SSSR count). The van der Waals surface area contributed by atoms with Crippen molar-refractivity contribution in [2.24, 2.45) is 0 Å². The first-order chi connectivity index (χ1) is 14.9. The minimum absolute atomic E-state index is 0.127. The third-order valence-corrected chi connectivity index (χ3v) is 5.28. The molecule has 3 heterocycles. The van der Waals surface area contributed by atoms with Crippen LogP contribution >= 0.6 is 0 Å². The number of pyridine rings is 1. The van der Waals surface area contributed by atoms with E-state index in [4.69, 9.17) is 9.47 Å². The minimum atomic E-state index is -0.476. The summed E-state index contributed by atoms with van der Waals surface area (Å²) in [5, 5.41) is 4.00. The summed E-state index contributed by atoms with van der Waals surface area (Å²) in [7, 11) is 1.60. The monoisotopic (exact) mass is 424 g/mol. The molecule has 1 saturated heterocycles. The van der Waals surface area contributed by atoms with Crippen LogP contribution in [0.4, 0.5) is 16.7 Å². The maximum absolute atomic E-state index is 12.6. The molecule has 3 aromatic rings. The number of hydrogen-bond acceptors (Lipinski definition) is 8. The lowest BCUT2D eigenvalue weighted by atomic mass is 10.1. The molecule has 1 fully saturated rings. The van der Waals surface area contributed by atoms with Crippen LogP contribution in [0.15, 0.2) is 29.1 Å². The van der Waals surface area contributed by atoms with Gasteiger partial charge in [-0.25, -0.2) is 9.69 Å². The van der Waals surface area contributed by atoms with E-state index in [-0.39, 0.29) is 23.5 Å². The van der Waals surface area contributed by atoms with E-state index >= 15 is 0 Å². The Morgan fingerprint density at radius 2 is 2.10 bits per heavy atom. The van der Waals surface area contributed by atoms with Crippen LogP contribution in [0.2, 0.25) is 0 Å². The first-order valence-electron chi connectivity index (χ1n) is 10.1. The molecule has 0 spiro atoms. The molecule has 1 aliphatic rings. The largest absolute Gasteiger partial charge is 0.497 e. The summed E-state index contributed by atoms with van der Waals surface area (Å²) >= 11 is 0. The SMILES string of the molecule is CCC1COC(=O)N1c1nc(C)nc(N[C@@H](C)c2cc3cc(OC)ccc3[nH]c2=O)n1. The summed E-state index contributed by atoms with van der Waals surface area (Å²) in [6, 6.07) is 6.74. The zero-order valence-corrected chi connectivity index (χ0v) is 17.8. The van der Waals surface area contributed by atoms with Crippen LogP contribution in [-0.2, 0) is 4.74 Å². The molecule has 0 bridgehead atoms. The third kappa shape index (κ3) is 4.00. The van der Waals surface area contributed by atoms with Crippen molar-refractivity contribution >= 4 is 28.9 Å². The first-order valence-corrected chi connectivity index (χ1v) is 10.1. The number of amides is 1. The average molecular weight is 424 g/mol. The van der Waals surface area contributed by atoms with Crippen molar-refractivity contribution in [1.29, 1.82) is 0 Å². The molecule has 2 N–H and O–H groups in total. The molecule has 1 amide bonds. The van der Waals surface area contributed by atoms with Crippen molar-refractivity contribution in [3.8, 4) is 5.75 Å². The Labute approximate surface area is 178 Å². The van der Waals surface area contributed by atoms with Crippen molar-refractivity contribution in [3.05, 3.63) is 46.0 Å². The van der Waals surface area contributed by atoms with Crippen LogP contribution in [-0.4, -0.2) is 45.8 Å². The highest BCUT2D eigenvalue weighted by molar-refractivity contribution is 5.88. The Hall–Kier alpha value is -3.69. The van der Waals surface area contributed by atoms with E-state index in [1.54, 1.807) is 26.2 Å². The quantitative estimate of drug-likeness (QED) is 0.619. The number of aromatic nitrogens is 4. The van der Waals surface area contributed by atoms with E-state index in [1.807, 2.05) is 26.0 Å². The lowest BCUT2D eigenvalue weighted by Crippen LogP contribution is -2.35. The fourth-order valence-electron chi connectivity index (χ4n) is 3.57. The van der Waals surface area contributed by atoms with Gasteiger partial charge >= 0.3 is 6.09 Å². The van der Waals surface area contributed by atoms with Crippen LogP contribution in [0.1, 0.15) is 37.7 Å². The molecule has 10 nitrogen and oxygen atoms in total. The van der Waals surface area contributed by atoms with Crippen molar-refractivity contribution in [3.63, 3.8) is 0 Å². The van der Waals surface area contributed by atoms with E-state index in [9.17, 15) is 9.59 Å². The number of carbonyl (C=O) groups excluding carboxylic acids is 1. The van der Waals surface area contributed by atoms with Gasteiger partial charge in [-0.1, -0.05) is 6.92 Å². The summed E-state index contributed by atoms with van der Waals surface area (Å²) < 4.78 is 10.4. The van der Waals surface area contributed by atoms with Gasteiger partial charge in [-0.15, -0.1) is 0 Å². The Balaban J connectivity index is 1.65. The van der Waals surface area contributed by atoms with Gasteiger partial charge in [0.1, 0.15) is 18.2 Å². The van der Waals surface area contributed by atoms with Gasteiger partial charge in [-0.3, -0.25) is 4.79 Å². The standard InChI is InChI=1S/C21H24N6O4/c1-5-14-10-31-21(29)27(14)20-24-12(3)23-19(26-20)22-11(2)16-9-13-8-15(30-4)6-7-17(13)25-18(16)28/h6-9,11,14H,5,10H2,1-4H3,(H,25,28)(H,22,23,24,26)/t11-,14?/m0/s1. The highest BCUT2D eigenvalue weighted by Gasteiger charge is 2.35. The second kappa shape index (κ2) is 8.21. The number of rotatable bonds is 6. The molecule has 1 aromatic carbocycles. The van der Waals surface area contributed by atoms with Gasteiger partial charge in [-0.2, -0.15) is 15.0 Å². The summed E-state index contributed by atoms with van der Waals surface area (Å²) in [5.74, 6) is 1.65. The topological polar surface area (TPSA) is 122 Å². The number of fused-ring (bicyclic) bond motifs is 1. The molecule has 1 unspecified atom stereocenters. The number of cyclic esters (lactones) is 1. The number of nitrogens with one attached hydrogen (secondary N) is 2. The van der Waals surface area contributed by atoms with Gasteiger partial charge < -0.3 is 19.8 Å². The summed E-state index contributed by atoms with van der Waals surface area (Å²) in [4.78, 5) is 42.2. The van der Waals surface area contributed by atoms with Gasteiger partial charge in [-0.05, 0) is 44.5 Å². The smallest absolute Gasteiger partial charge is 0.417 e. The third-order valence-electron chi connectivity index (χ3n) is 5.28. The van der Waals surface area contributed by atoms with Crippen LogP contribution < -0.4 is 20.5 Å². The number of H-pyrrole nitrogens is 1. The second-order valence-corrected chi connectivity index (χ2v) is 7.39. The Morgan fingerprint density at radius 1 is 1.29 bits per heavy atom. The number of carbonyl (C=O) groups is 1. The lowest BCUT2D eigenvalue weighted by molar-refractivity contribution is 0.178. The van der Waals surface area contributed by atoms with Crippen LogP contribution in [0.3, 0.4) is 0 Å². The van der Waals surface area contributed by atoms with Gasteiger partial charge in [0.15, 0.2) is 0 Å². The molecule has 0 radical (unpaired) electrons. The van der Waals surface area contributed by atoms with Crippen LogP contribution in [0, 0.1) is 6.92 Å². The average Bonchev–Trinajstić information content (AvgIpc) is 3.13. The molecule has 10 heteroatoms. The maximum atomic E-state index is 12.6. The zero-order valence-electron chi connectivity index (χ0n) is 17.8. The molecule has 2 atom stereocenters. The predicted molar refractivity (Wildman–Crippen MR) is 116 cm³/mol. The van der Waals surface area contributed by atoms with Crippen molar-refractivity contribution in [2.45, 2.75) is 39.3 Å². The van der Waals surface area contributed by atoms with E-state index in [0.29, 0.717) is 30.2 Å². The molecule has 2 aromatic heterocycles. The van der Waals surface area contributed by atoms with Gasteiger partial charge in [0.25, 0.3) is 5.56 Å². The zero-order chi connectivity index (χ0) is 22.1. The predicted octanol–water partition coefficient (Wildman–Crippen LogP) is 2.94. The highest BCUT2D eigenvalue weighted by atomic mass is 16.6. The molecule has 162 valence electrons. The fourth-order valence-corrected chi connectivity index (χ4v) is 3.57. The van der Waals surface area contributed by atoms with E-state index in [2.05, 4.69) is 25.3 Å². The molecular weight excluding hydrogens is 400 g/mol. The van der Waals surface area contributed by atoms with E-state index in [0.717, 1.165) is 10.9 Å². The number of nitrogens with zero attached hydrogens (tertiary/aromatic N) is 4. The van der Waals surface area contributed by atoms with Gasteiger partial charge in [0.2, 0.25) is 11.9 Å². The number of aromatic amines is 1. The molecule has 31 heavy (non-hydrogen) atoms. The fraction of sp³-hybridized carbons (Fsp3) is 0.381. The maximum Gasteiger partial charge on any atom is 0.417 e. The normalized spacial score (nSPS) is 17.0. The highest BCUT2D eigenvalue weighted by Crippen LogP contribution is 2.24. The lowest BCUT2D eigenvalue weighted by Gasteiger charge is -2.20. The minimum Gasteiger partial charge on any atom is -0.497 e. The number of benzene rings is 1. The number of ether oxygens (including phenoxy) is 2. The Kier molecular flexibility index (Phi) is 5.45. The molecule has 0 aliphatic carbocycles. The number of hydrogen-bond donors (Lipinski definition) is 2. The number of aryl methyl sites for hydroxylation is 1. The first kappa shape index (κ1) is 20.6. The molecular formula is C21H24N6O4. The summed E-state index contributed by atoms with van der Waals surface area (Å²) in [6.07, 6.45) is 0.238. The number of anilines is 2. The van der Waals surface area contributed by atoms with Crippen molar-refractivity contribution in [2.75, 3.05) is 23.9 Å². The van der Waals surface area contributed by atoms with Gasteiger partial charge in [0.05, 0.1) is 19.2 Å². The van der Waals surface area contributed by atoms with E-state index in [1.165, 1.54) is 4.90 Å². The molecule has 0 saturated carbocycles. The van der Waals surface area contributed by atoms with Crippen LogP contribution in [0.25, 0.3) is 10.9 Å². The number of methoxy groups -OCH3 is 1. The van der Waals surface area contributed by atoms with Crippen molar-refractivity contribution < 1.29 is 14.3 Å². The summed E-state index contributed by atoms with van der Waals surface area (Å²) in [6.45, 7) is 5.83. The van der Waals surface area contributed by atoms with E-state index < -0.39 is 12.1 Å².